The fourth-order valence-corrected chi connectivity index (χ4v) is 1.88. The first-order chi connectivity index (χ1) is 8.83. The first-order valence-electron chi connectivity index (χ1n) is 6.40. The van der Waals surface area contributed by atoms with E-state index in [2.05, 4.69) is 29.2 Å². The summed E-state index contributed by atoms with van der Waals surface area (Å²) < 4.78 is 5.26. The smallest absolute Gasteiger partial charge is 0.231 e. The van der Waals surface area contributed by atoms with Crippen LogP contribution in [-0.4, -0.2) is 16.7 Å². The number of benzene rings is 1. The standard InChI is InChI=1S/C14H19N3O/c1-2-12(10-15)14-16-13(17-18-14)9-8-11-6-4-3-5-7-11/h3-7,12H,2,8-10,15H2,1H3. The topological polar surface area (TPSA) is 64.9 Å². The van der Waals surface area contributed by atoms with Crippen molar-refractivity contribution in [2.75, 3.05) is 6.54 Å². The summed E-state index contributed by atoms with van der Waals surface area (Å²) in [6, 6.07) is 10.3. The lowest BCUT2D eigenvalue weighted by molar-refractivity contribution is 0.347. The minimum atomic E-state index is 0.183. The highest BCUT2D eigenvalue weighted by molar-refractivity contribution is 5.15. The summed E-state index contributed by atoms with van der Waals surface area (Å²) in [4.78, 5) is 4.41. The summed E-state index contributed by atoms with van der Waals surface area (Å²) in [5, 5.41) is 4.01. The van der Waals surface area contributed by atoms with Crippen LogP contribution in [-0.2, 0) is 12.8 Å². The van der Waals surface area contributed by atoms with Crippen LogP contribution >= 0.6 is 0 Å². The molecule has 0 saturated heterocycles. The highest BCUT2D eigenvalue weighted by Gasteiger charge is 2.15. The van der Waals surface area contributed by atoms with E-state index in [0.717, 1.165) is 25.1 Å². The van der Waals surface area contributed by atoms with Crippen LogP contribution in [0.4, 0.5) is 0 Å². The minimum absolute atomic E-state index is 0.183. The average molecular weight is 245 g/mol. The average Bonchev–Trinajstić information content (AvgIpc) is 2.88. The van der Waals surface area contributed by atoms with Gasteiger partial charge in [-0.3, -0.25) is 0 Å². The molecule has 1 heterocycles. The minimum Gasteiger partial charge on any atom is -0.339 e. The molecular formula is C14H19N3O. The molecule has 0 fully saturated rings. The van der Waals surface area contributed by atoms with Crippen LogP contribution in [0.2, 0.25) is 0 Å². The van der Waals surface area contributed by atoms with Gasteiger partial charge >= 0.3 is 0 Å². The Balaban J connectivity index is 1.95. The number of rotatable bonds is 6. The number of hydrogen-bond donors (Lipinski definition) is 1. The van der Waals surface area contributed by atoms with E-state index in [0.29, 0.717) is 12.4 Å². The van der Waals surface area contributed by atoms with Crippen LogP contribution in [0.3, 0.4) is 0 Å². The summed E-state index contributed by atoms with van der Waals surface area (Å²) in [6.45, 7) is 2.63. The third kappa shape index (κ3) is 3.17. The maximum atomic E-state index is 5.66. The van der Waals surface area contributed by atoms with Crippen molar-refractivity contribution in [3.8, 4) is 0 Å². The predicted octanol–water partition coefficient (Wildman–Crippen LogP) is 2.31. The van der Waals surface area contributed by atoms with E-state index in [1.54, 1.807) is 0 Å². The second kappa shape index (κ2) is 6.31. The molecule has 0 radical (unpaired) electrons. The molecule has 0 saturated carbocycles. The fraction of sp³-hybridized carbons (Fsp3) is 0.429. The van der Waals surface area contributed by atoms with Crippen LogP contribution in [0.25, 0.3) is 0 Å². The van der Waals surface area contributed by atoms with Crippen LogP contribution < -0.4 is 5.73 Å². The van der Waals surface area contributed by atoms with Gasteiger partial charge in [0.15, 0.2) is 5.82 Å². The van der Waals surface area contributed by atoms with Crippen LogP contribution in [0.15, 0.2) is 34.9 Å². The fourth-order valence-electron chi connectivity index (χ4n) is 1.88. The van der Waals surface area contributed by atoms with Gasteiger partial charge in [0.05, 0.1) is 5.92 Å². The Labute approximate surface area is 107 Å². The molecule has 0 aliphatic heterocycles. The van der Waals surface area contributed by atoms with Gasteiger partial charge in [-0.2, -0.15) is 4.98 Å². The number of nitrogens with two attached hydrogens (primary N) is 1. The molecule has 4 nitrogen and oxygen atoms in total. The van der Waals surface area contributed by atoms with E-state index in [9.17, 15) is 0 Å². The summed E-state index contributed by atoms with van der Waals surface area (Å²) >= 11 is 0. The van der Waals surface area contributed by atoms with Gasteiger partial charge in [0.2, 0.25) is 5.89 Å². The summed E-state index contributed by atoms with van der Waals surface area (Å²) in [7, 11) is 0. The van der Waals surface area contributed by atoms with E-state index >= 15 is 0 Å². The molecule has 1 atom stereocenters. The SMILES string of the molecule is CCC(CN)c1nc(CCc2ccccc2)no1. The molecule has 1 aromatic heterocycles. The maximum Gasteiger partial charge on any atom is 0.231 e. The number of aryl methyl sites for hydroxylation is 2. The van der Waals surface area contributed by atoms with Crippen molar-refractivity contribution in [3.05, 3.63) is 47.6 Å². The Morgan fingerprint density at radius 1 is 1.22 bits per heavy atom. The second-order valence-corrected chi connectivity index (χ2v) is 4.38. The van der Waals surface area contributed by atoms with Gasteiger partial charge in [-0.15, -0.1) is 0 Å². The van der Waals surface area contributed by atoms with Gasteiger partial charge < -0.3 is 10.3 Å². The second-order valence-electron chi connectivity index (χ2n) is 4.38. The summed E-state index contributed by atoms with van der Waals surface area (Å²) in [5.41, 5.74) is 6.95. The monoisotopic (exact) mass is 245 g/mol. The normalized spacial score (nSPS) is 12.6. The zero-order valence-electron chi connectivity index (χ0n) is 10.7. The molecule has 0 spiro atoms. The molecule has 0 aliphatic rings. The molecule has 1 unspecified atom stereocenters. The summed E-state index contributed by atoms with van der Waals surface area (Å²) in [6.07, 6.45) is 2.66. The lowest BCUT2D eigenvalue weighted by Gasteiger charge is -2.04. The lowest BCUT2D eigenvalue weighted by Crippen LogP contribution is -2.11. The molecule has 2 N–H and O–H groups in total. The zero-order valence-corrected chi connectivity index (χ0v) is 10.7. The van der Waals surface area contributed by atoms with Crippen molar-refractivity contribution in [1.29, 1.82) is 0 Å². The van der Waals surface area contributed by atoms with Crippen LogP contribution in [0, 0.1) is 0 Å². The number of aromatic nitrogens is 2. The Hall–Kier alpha value is -1.68. The van der Waals surface area contributed by atoms with Gasteiger partial charge in [-0.05, 0) is 18.4 Å². The molecule has 2 aromatic rings. The molecule has 4 heteroatoms. The molecule has 1 aromatic carbocycles. The van der Waals surface area contributed by atoms with E-state index in [-0.39, 0.29) is 5.92 Å². The first kappa shape index (κ1) is 12.8. The molecular weight excluding hydrogens is 226 g/mol. The third-order valence-corrected chi connectivity index (χ3v) is 3.09. The predicted molar refractivity (Wildman–Crippen MR) is 70.2 cm³/mol. The third-order valence-electron chi connectivity index (χ3n) is 3.09. The molecule has 18 heavy (non-hydrogen) atoms. The quantitative estimate of drug-likeness (QED) is 0.848. The number of nitrogens with zero attached hydrogens (tertiary/aromatic N) is 2. The highest BCUT2D eigenvalue weighted by atomic mass is 16.5. The maximum absolute atomic E-state index is 5.66. The Kier molecular flexibility index (Phi) is 4.47. The van der Waals surface area contributed by atoms with E-state index < -0.39 is 0 Å². The molecule has 0 amide bonds. The van der Waals surface area contributed by atoms with Crippen molar-refractivity contribution < 1.29 is 4.52 Å². The van der Waals surface area contributed by atoms with E-state index in [4.69, 9.17) is 10.3 Å². The van der Waals surface area contributed by atoms with Gasteiger partial charge in [0.1, 0.15) is 0 Å². The van der Waals surface area contributed by atoms with Gasteiger partial charge in [0.25, 0.3) is 0 Å². The Morgan fingerprint density at radius 2 is 2.00 bits per heavy atom. The Bertz CT molecular complexity index is 463. The van der Waals surface area contributed by atoms with Gasteiger partial charge in [-0.1, -0.05) is 42.4 Å². The van der Waals surface area contributed by atoms with E-state index in [1.807, 2.05) is 18.2 Å². The van der Waals surface area contributed by atoms with Crippen molar-refractivity contribution in [2.45, 2.75) is 32.1 Å². The van der Waals surface area contributed by atoms with Crippen LogP contribution in [0.5, 0.6) is 0 Å². The largest absolute Gasteiger partial charge is 0.339 e. The van der Waals surface area contributed by atoms with Gasteiger partial charge in [0, 0.05) is 13.0 Å². The van der Waals surface area contributed by atoms with Crippen molar-refractivity contribution >= 4 is 0 Å². The van der Waals surface area contributed by atoms with Crippen molar-refractivity contribution in [1.82, 2.24) is 10.1 Å². The zero-order chi connectivity index (χ0) is 12.8. The number of hydrogen-bond acceptors (Lipinski definition) is 4. The first-order valence-corrected chi connectivity index (χ1v) is 6.40. The highest BCUT2D eigenvalue weighted by Crippen LogP contribution is 2.16. The summed E-state index contributed by atoms with van der Waals surface area (Å²) in [5.74, 6) is 1.62. The van der Waals surface area contributed by atoms with Crippen LogP contribution in [0.1, 0.15) is 36.5 Å². The molecule has 2 rings (SSSR count). The van der Waals surface area contributed by atoms with Crippen molar-refractivity contribution in [2.24, 2.45) is 5.73 Å². The lowest BCUT2D eigenvalue weighted by atomic mass is 10.1. The van der Waals surface area contributed by atoms with Crippen molar-refractivity contribution in [3.63, 3.8) is 0 Å². The molecule has 0 aliphatic carbocycles. The Morgan fingerprint density at radius 3 is 2.67 bits per heavy atom. The molecule has 0 bridgehead atoms. The van der Waals surface area contributed by atoms with Gasteiger partial charge in [-0.25, -0.2) is 0 Å². The molecule has 96 valence electrons. The van der Waals surface area contributed by atoms with E-state index in [1.165, 1.54) is 5.56 Å².